The molecule has 0 radical (unpaired) electrons. The van der Waals surface area contributed by atoms with Crippen molar-refractivity contribution in [2.75, 3.05) is 5.32 Å². The van der Waals surface area contributed by atoms with Crippen molar-refractivity contribution in [1.29, 1.82) is 0 Å². The van der Waals surface area contributed by atoms with Gasteiger partial charge in [0.15, 0.2) is 5.13 Å². The molecule has 1 heterocycles. The van der Waals surface area contributed by atoms with E-state index in [2.05, 4.69) is 40.6 Å². The van der Waals surface area contributed by atoms with Crippen LogP contribution in [-0.4, -0.2) is 10.9 Å². The molecule has 1 amide bonds. The van der Waals surface area contributed by atoms with Gasteiger partial charge in [0.1, 0.15) is 0 Å². The van der Waals surface area contributed by atoms with Gasteiger partial charge in [0.2, 0.25) is 5.91 Å². The average Bonchev–Trinajstić information content (AvgIpc) is 2.99. The molecule has 1 N–H and O–H groups in total. The Bertz CT molecular complexity index is 798. The molecule has 2 aromatic rings. The highest BCUT2D eigenvalue weighted by atomic mass is 32.1. The zero-order valence-corrected chi connectivity index (χ0v) is 15.4. The number of aryl methyl sites for hydroxylation is 1. The zero-order valence-electron chi connectivity index (χ0n) is 14.6. The number of thiazole rings is 1. The molecule has 4 aliphatic carbocycles. The van der Waals surface area contributed by atoms with Gasteiger partial charge in [-0.2, -0.15) is 0 Å². The molecule has 4 bridgehead atoms. The summed E-state index contributed by atoms with van der Waals surface area (Å²) in [6, 6.07) is 11.0. The van der Waals surface area contributed by atoms with E-state index in [4.69, 9.17) is 0 Å². The minimum absolute atomic E-state index is 0.195. The molecule has 25 heavy (non-hydrogen) atoms. The Morgan fingerprint density at radius 3 is 2.52 bits per heavy atom. The first kappa shape index (κ1) is 15.6. The van der Waals surface area contributed by atoms with Gasteiger partial charge in [-0.1, -0.05) is 30.3 Å². The monoisotopic (exact) mass is 352 g/mol. The second kappa shape index (κ2) is 5.41. The average molecular weight is 353 g/mol. The molecule has 0 saturated heterocycles. The lowest BCUT2D eigenvalue weighted by atomic mass is 9.42. The second-order valence-corrected chi connectivity index (χ2v) is 9.85. The molecular weight excluding hydrogens is 328 g/mol. The van der Waals surface area contributed by atoms with E-state index in [0.29, 0.717) is 11.8 Å². The number of carbonyl (C=O) groups excluding carboxylic acids is 1. The number of anilines is 1. The summed E-state index contributed by atoms with van der Waals surface area (Å²) in [5.41, 5.74) is 1.47. The van der Waals surface area contributed by atoms with Crippen molar-refractivity contribution in [3.05, 3.63) is 47.0 Å². The van der Waals surface area contributed by atoms with E-state index >= 15 is 0 Å². The molecule has 4 heteroatoms. The van der Waals surface area contributed by atoms with Gasteiger partial charge in [-0.25, -0.2) is 4.98 Å². The fourth-order valence-electron chi connectivity index (χ4n) is 6.30. The summed E-state index contributed by atoms with van der Waals surface area (Å²) < 4.78 is 0. The summed E-state index contributed by atoms with van der Waals surface area (Å²) >= 11 is 1.57. The van der Waals surface area contributed by atoms with E-state index in [9.17, 15) is 4.79 Å². The van der Waals surface area contributed by atoms with E-state index in [0.717, 1.165) is 29.3 Å². The molecule has 1 aromatic carbocycles. The van der Waals surface area contributed by atoms with Crippen LogP contribution in [0.1, 0.15) is 49.0 Å². The molecule has 4 atom stereocenters. The van der Waals surface area contributed by atoms with Gasteiger partial charge in [0.05, 0.1) is 5.41 Å². The minimum Gasteiger partial charge on any atom is -0.301 e. The van der Waals surface area contributed by atoms with Crippen molar-refractivity contribution >= 4 is 22.4 Å². The summed E-state index contributed by atoms with van der Waals surface area (Å²) in [4.78, 5) is 18.8. The SMILES string of the molecule is Cc1cnc(NC(=O)C23C[C@H]4C[C@@H](C2)CC(c2ccccc2)(C4)C3)s1. The normalized spacial score (nSPS) is 35.7. The van der Waals surface area contributed by atoms with Gasteiger partial charge in [0.25, 0.3) is 0 Å². The first-order chi connectivity index (χ1) is 12.1. The summed E-state index contributed by atoms with van der Waals surface area (Å²) in [5.74, 6) is 1.62. The molecule has 4 aliphatic rings. The van der Waals surface area contributed by atoms with Gasteiger partial charge in [-0.15, -0.1) is 11.3 Å². The quantitative estimate of drug-likeness (QED) is 0.851. The standard InChI is InChI=1S/C21H24N2OS/c1-14-12-22-19(25-14)23-18(24)21-10-15-7-16(11-21)9-20(8-15,13-21)17-5-3-2-4-6-17/h2-6,12,15-16H,7-11,13H2,1H3,(H,22,23,24)/t15-,16+,20?,21?. The van der Waals surface area contributed by atoms with E-state index in [1.165, 1.54) is 24.8 Å². The molecule has 2 unspecified atom stereocenters. The third-order valence-corrected chi connectivity index (χ3v) is 7.60. The molecule has 130 valence electrons. The number of aromatic nitrogens is 1. The van der Waals surface area contributed by atoms with Crippen molar-refractivity contribution in [2.45, 2.75) is 50.9 Å². The molecule has 6 rings (SSSR count). The van der Waals surface area contributed by atoms with Crippen LogP contribution in [0.25, 0.3) is 0 Å². The Hall–Kier alpha value is -1.68. The second-order valence-electron chi connectivity index (χ2n) is 8.62. The van der Waals surface area contributed by atoms with Gasteiger partial charge in [0, 0.05) is 11.1 Å². The van der Waals surface area contributed by atoms with Crippen LogP contribution in [0.15, 0.2) is 36.5 Å². The topological polar surface area (TPSA) is 42.0 Å². The number of benzene rings is 1. The lowest BCUT2D eigenvalue weighted by molar-refractivity contribution is -0.143. The molecule has 4 fully saturated rings. The van der Waals surface area contributed by atoms with Crippen LogP contribution in [0, 0.1) is 24.2 Å². The Morgan fingerprint density at radius 2 is 1.88 bits per heavy atom. The van der Waals surface area contributed by atoms with Gasteiger partial charge >= 0.3 is 0 Å². The number of carbonyl (C=O) groups is 1. The predicted molar refractivity (Wildman–Crippen MR) is 101 cm³/mol. The maximum Gasteiger partial charge on any atom is 0.232 e. The molecule has 1 aromatic heterocycles. The van der Waals surface area contributed by atoms with E-state index < -0.39 is 0 Å². The number of hydrogen-bond acceptors (Lipinski definition) is 3. The van der Waals surface area contributed by atoms with Crippen LogP contribution in [-0.2, 0) is 10.2 Å². The number of amides is 1. The van der Waals surface area contributed by atoms with Crippen LogP contribution in [0.3, 0.4) is 0 Å². The maximum absolute atomic E-state index is 13.3. The number of rotatable bonds is 3. The predicted octanol–water partition coefficient (Wildman–Crippen LogP) is 4.93. The van der Waals surface area contributed by atoms with Gasteiger partial charge < -0.3 is 5.32 Å². The Morgan fingerprint density at radius 1 is 1.16 bits per heavy atom. The third-order valence-electron chi connectivity index (χ3n) is 6.77. The lowest BCUT2D eigenvalue weighted by Crippen LogP contribution is -2.57. The summed E-state index contributed by atoms with van der Waals surface area (Å²) in [7, 11) is 0. The van der Waals surface area contributed by atoms with Crippen molar-refractivity contribution < 1.29 is 4.79 Å². The molecule has 0 aliphatic heterocycles. The summed E-state index contributed by atoms with van der Waals surface area (Å²) in [6.07, 6.45) is 8.82. The molecule has 4 saturated carbocycles. The fourth-order valence-corrected chi connectivity index (χ4v) is 6.96. The van der Waals surface area contributed by atoms with Crippen molar-refractivity contribution in [1.82, 2.24) is 4.98 Å². The van der Waals surface area contributed by atoms with E-state index in [1.807, 2.05) is 13.1 Å². The Balaban J connectivity index is 1.48. The smallest absolute Gasteiger partial charge is 0.232 e. The third kappa shape index (κ3) is 2.45. The highest BCUT2D eigenvalue weighted by molar-refractivity contribution is 7.15. The van der Waals surface area contributed by atoms with Crippen molar-refractivity contribution in [3.8, 4) is 0 Å². The number of hydrogen-bond donors (Lipinski definition) is 1. The van der Waals surface area contributed by atoms with Gasteiger partial charge in [-0.05, 0) is 68.3 Å². The Labute approximate surface area is 152 Å². The molecule has 3 nitrogen and oxygen atoms in total. The lowest BCUT2D eigenvalue weighted by Gasteiger charge is -2.61. The summed E-state index contributed by atoms with van der Waals surface area (Å²) in [6.45, 7) is 2.03. The van der Waals surface area contributed by atoms with Crippen LogP contribution >= 0.6 is 11.3 Å². The maximum atomic E-state index is 13.3. The van der Waals surface area contributed by atoms with E-state index in [1.54, 1.807) is 11.3 Å². The Kier molecular flexibility index (Phi) is 3.37. The highest BCUT2D eigenvalue weighted by Gasteiger charge is 2.60. The van der Waals surface area contributed by atoms with Gasteiger partial charge in [-0.3, -0.25) is 4.79 Å². The van der Waals surface area contributed by atoms with Crippen molar-refractivity contribution in [2.24, 2.45) is 17.3 Å². The fraction of sp³-hybridized carbons (Fsp3) is 0.524. The van der Waals surface area contributed by atoms with E-state index in [-0.39, 0.29) is 16.7 Å². The highest BCUT2D eigenvalue weighted by Crippen LogP contribution is 2.65. The molecular formula is C21H24N2OS. The largest absolute Gasteiger partial charge is 0.301 e. The van der Waals surface area contributed by atoms with Crippen LogP contribution in [0.4, 0.5) is 5.13 Å². The van der Waals surface area contributed by atoms with Crippen molar-refractivity contribution in [3.63, 3.8) is 0 Å². The van der Waals surface area contributed by atoms with Crippen LogP contribution in [0.5, 0.6) is 0 Å². The minimum atomic E-state index is -0.195. The molecule has 0 spiro atoms. The number of nitrogens with zero attached hydrogens (tertiary/aromatic N) is 1. The summed E-state index contributed by atoms with van der Waals surface area (Å²) in [5, 5.41) is 3.91. The van der Waals surface area contributed by atoms with Crippen LogP contribution < -0.4 is 5.32 Å². The first-order valence-corrected chi connectivity index (χ1v) is 10.2. The zero-order chi connectivity index (χ0) is 17.1. The first-order valence-electron chi connectivity index (χ1n) is 9.36. The van der Waals surface area contributed by atoms with Crippen LogP contribution in [0.2, 0.25) is 0 Å². The number of nitrogens with one attached hydrogen (secondary N) is 1.